The van der Waals surface area contributed by atoms with Crippen molar-refractivity contribution in [2.75, 3.05) is 6.54 Å². The number of rotatable bonds is 1. The quantitative estimate of drug-likeness (QED) is 0.605. The molecule has 1 aliphatic heterocycles. The molecule has 1 heterocycles. The summed E-state index contributed by atoms with van der Waals surface area (Å²) in [5.74, 6) is 0.210. The molecule has 0 spiro atoms. The molecule has 1 atom stereocenters. The lowest BCUT2D eigenvalue weighted by atomic mass is 10.1. The highest BCUT2D eigenvalue weighted by Crippen LogP contribution is 2.18. The SMILES string of the molecule is CCN1C(=O)C(C)C=C(C)C=C1C. The lowest BCUT2D eigenvalue weighted by molar-refractivity contribution is -0.131. The van der Waals surface area contributed by atoms with Gasteiger partial charge in [0.25, 0.3) is 0 Å². The molecule has 0 aromatic carbocycles. The first-order valence-electron chi connectivity index (χ1n) is 4.74. The molecule has 1 aliphatic rings. The highest BCUT2D eigenvalue weighted by Gasteiger charge is 2.20. The molecule has 0 bridgehead atoms. The van der Waals surface area contributed by atoms with E-state index in [0.717, 1.165) is 12.2 Å². The molecule has 0 radical (unpaired) electrons. The molecule has 1 unspecified atom stereocenters. The molecule has 0 fully saturated rings. The molecule has 13 heavy (non-hydrogen) atoms. The van der Waals surface area contributed by atoms with Gasteiger partial charge in [0.05, 0.1) is 5.92 Å². The summed E-state index contributed by atoms with van der Waals surface area (Å²) >= 11 is 0. The van der Waals surface area contributed by atoms with Gasteiger partial charge in [-0.3, -0.25) is 4.79 Å². The fourth-order valence-electron chi connectivity index (χ4n) is 1.75. The van der Waals surface area contributed by atoms with Gasteiger partial charge in [0, 0.05) is 12.2 Å². The molecule has 0 aromatic rings. The Bertz CT molecular complexity index is 276. The van der Waals surface area contributed by atoms with Crippen molar-refractivity contribution >= 4 is 5.91 Å². The number of amides is 1. The standard InChI is InChI=1S/C11H17NO/c1-5-12-10(4)7-8(2)6-9(3)11(12)13/h6-7,9H,5H2,1-4H3. The van der Waals surface area contributed by atoms with Gasteiger partial charge >= 0.3 is 0 Å². The topological polar surface area (TPSA) is 20.3 Å². The highest BCUT2D eigenvalue weighted by atomic mass is 16.2. The Balaban J connectivity index is 3.03. The molecule has 72 valence electrons. The van der Waals surface area contributed by atoms with Gasteiger partial charge in [-0.2, -0.15) is 0 Å². The van der Waals surface area contributed by atoms with Crippen molar-refractivity contribution in [3.63, 3.8) is 0 Å². The second-order valence-electron chi connectivity index (χ2n) is 3.57. The summed E-state index contributed by atoms with van der Waals surface area (Å²) in [5.41, 5.74) is 2.22. The van der Waals surface area contributed by atoms with E-state index in [4.69, 9.17) is 0 Å². The molecule has 0 saturated heterocycles. The molecule has 0 saturated carbocycles. The van der Waals surface area contributed by atoms with Crippen molar-refractivity contribution in [2.24, 2.45) is 5.92 Å². The van der Waals surface area contributed by atoms with Crippen molar-refractivity contribution in [3.05, 3.63) is 23.4 Å². The van der Waals surface area contributed by atoms with Crippen molar-refractivity contribution in [2.45, 2.75) is 27.7 Å². The van der Waals surface area contributed by atoms with Gasteiger partial charge in [0.1, 0.15) is 0 Å². The van der Waals surface area contributed by atoms with Gasteiger partial charge in [0.2, 0.25) is 5.91 Å². The van der Waals surface area contributed by atoms with Gasteiger partial charge in [-0.05, 0) is 26.8 Å². The lowest BCUT2D eigenvalue weighted by Gasteiger charge is -2.22. The second kappa shape index (κ2) is 3.77. The molecule has 1 amide bonds. The van der Waals surface area contributed by atoms with Crippen LogP contribution < -0.4 is 0 Å². The van der Waals surface area contributed by atoms with E-state index in [0.29, 0.717) is 0 Å². The van der Waals surface area contributed by atoms with E-state index in [1.807, 2.05) is 38.7 Å². The minimum absolute atomic E-state index is 0.00801. The van der Waals surface area contributed by atoms with Gasteiger partial charge in [-0.25, -0.2) is 0 Å². The van der Waals surface area contributed by atoms with Gasteiger partial charge in [-0.1, -0.05) is 18.6 Å². The first kappa shape index (κ1) is 10.0. The van der Waals surface area contributed by atoms with Crippen LogP contribution in [0.1, 0.15) is 27.7 Å². The van der Waals surface area contributed by atoms with Crippen LogP contribution in [0.3, 0.4) is 0 Å². The van der Waals surface area contributed by atoms with Gasteiger partial charge in [-0.15, -0.1) is 0 Å². The first-order chi connectivity index (χ1) is 6.06. The Morgan fingerprint density at radius 2 is 2.08 bits per heavy atom. The number of carbonyl (C=O) groups is 1. The van der Waals surface area contributed by atoms with Crippen LogP contribution in [0.4, 0.5) is 0 Å². The number of carbonyl (C=O) groups excluding carboxylic acids is 1. The molecular formula is C11H17NO. The lowest BCUT2D eigenvalue weighted by Crippen LogP contribution is -2.32. The van der Waals surface area contributed by atoms with E-state index in [9.17, 15) is 4.79 Å². The van der Waals surface area contributed by atoms with Crippen LogP contribution >= 0.6 is 0 Å². The smallest absolute Gasteiger partial charge is 0.233 e. The maximum Gasteiger partial charge on any atom is 0.233 e. The monoisotopic (exact) mass is 179 g/mol. The van der Waals surface area contributed by atoms with Gasteiger partial charge in [0.15, 0.2) is 0 Å². The maximum absolute atomic E-state index is 11.8. The number of hydrogen-bond acceptors (Lipinski definition) is 1. The predicted molar refractivity (Wildman–Crippen MR) is 54.1 cm³/mol. The zero-order valence-electron chi connectivity index (χ0n) is 8.79. The zero-order chi connectivity index (χ0) is 10.0. The third-order valence-corrected chi connectivity index (χ3v) is 2.35. The Morgan fingerprint density at radius 3 is 2.62 bits per heavy atom. The summed E-state index contributed by atoms with van der Waals surface area (Å²) in [5, 5.41) is 0. The number of allylic oxidation sites excluding steroid dienone is 3. The van der Waals surface area contributed by atoms with Crippen molar-refractivity contribution in [1.82, 2.24) is 4.90 Å². The van der Waals surface area contributed by atoms with E-state index in [2.05, 4.69) is 6.08 Å². The van der Waals surface area contributed by atoms with Crippen molar-refractivity contribution < 1.29 is 4.79 Å². The van der Waals surface area contributed by atoms with E-state index in [1.165, 1.54) is 5.57 Å². The summed E-state index contributed by atoms with van der Waals surface area (Å²) in [6, 6.07) is 0. The predicted octanol–water partition coefficient (Wildman–Crippen LogP) is 2.33. The molecule has 0 aliphatic carbocycles. The van der Waals surface area contributed by atoms with Crippen LogP contribution in [0.25, 0.3) is 0 Å². The summed E-state index contributed by atoms with van der Waals surface area (Å²) in [6.45, 7) is 8.72. The van der Waals surface area contributed by atoms with Crippen LogP contribution in [-0.2, 0) is 4.79 Å². The number of hydrogen-bond donors (Lipinski definition) is 0. The third kappa shape index (κ3) is 2.00. The molecule has 0 aromatic heterocycles. The molecule has 2 heteroatoms. The van der Waals surface area contributed by atoms with Crippen molar-refractivity contribution in [1.29, 1.82) is 0 Å². The minimum atomic E-state index is 0.00801. The number of nitrogens with zero attached hydrogens (tertiary/aromatic N) is 1. The van der Waals surface area contributed by atoms with Crippen molar-refractivity contribution in [3.8, 4) is 0 Å². The van der Waals surface area contributed by atoms with Crippen LogP contribution in [0.15, 0.2) is 23.4 Å². The molecule has 1 rings (SSSR count). The largest absolute Gasteiger partial charge is 0.316 e. The van der Waals surface area contributed by atoms with Crippen LogP contribution in [0.2, 0.25) is 0 Å². The highest BCUT2D eigenvalue weighted by molar-refractivity contribution is 5.82. The van der Waals surface area contributed by atoms with E-state index in [1.54, 1.807) is 0 Å². The van der Waals surface area contributed by atoms with Crippen LogP contribution in [-0.4, -0.2) is 17.4 Å². The fourth-order valence-corrected chi connectivity index (χ4v) is 1.75. The summed E-state index contributed by atoms with van der Waals surface area (Å²) in [4.78, 5) is 13.6. The van der Waals surface area contributed by atoms with E-state index in [-0.39, 0.29) is 11.8 Å². The zero-order valence-corrected chi connectivity index (χ0v) is 8.79. The third-order valence-electron chi connectivity index (χ3n) is 2.35. The van der Waals surface area contributed by atoms with E-state index >= 15 is 0 Å². The fraction of sp³-hybridized carbons (Fsp3) is 0.545. The normalized spacial score (nSPS) is 23.8. The molecule has 0 N–H and O–H groups in total. The van der Waals surface area contributed by atoms with Crippen LogP contribution in [0, 0.1) is 5.92 Å². The molecular weight excluding hydrogens is 162 g/mol. The summed E-state index contributed by atoms with van der Waals surface area (Å²) < 4.78 is 0. The van der Waals surface area contributed by atoms with E-state index < -0.39 is 0 Å². The Labute approximate surface area is 79.9 Å². The Kier molecular flexibility index (Phi) is 2.91. The maximum atomic E-state index is 11.8. The molecule has 2 nitrogen and oxygen atoms in total. The average molecular weight is 179 g/mol. The Hall–Kier alpha value is -1.05. The summed E-state index contributed by atoms with van der Waals surface area (Å²) in [6.07, 6.45) is 4.08. The van der Waals surface area contributed by atoms with Gasteiger partial charge < -0.3 is 4.90 Å². The summed E-state index contributed by atoms with van der Waals surface area (Å²) in [7, 11) is 0. The van der Waals surface area contributed by atoms with Crippen LogP contribution in [0.5, 0.6) is 0 Å². The average Bonchev–Trinajstić information content (AvgIpc) is 2.11. The minimum Gasteiger partial charge on any atom is -0.316 e. The first-order valence-corrected chi connectivity index (χ1v) is 4.74. The second-order valence-corrected chi connectivity index (χ2v) is 3.57. The Morgan fingerprint density at radius 1 is 1.46 bits per heavy atom.